The summed E-state index contributed by atoms with van der Waals surface area (Å²) in [6.45, 7) is 6.53. The van der Waals surface area contributed by atoms with Crippen LogP contribution in [0.5, 0.6) is 17.2 Å². The van der Waals surface area contributed by atoms with Crippen LogP contribution in [0.3, 0.4) is 0 Å². The van der Waals surface area contributed by atoms with E-state index in [0.717, 1.165) is 11.1 Å². The smallest absolute Gasteiger partial charge is 0.298 e. The molecule has 1 aliphatic rings. The molecule has 0 atom stereocenters. The molecule has 3 aromatic rings. The Bertz CT molecular complexity index is 1870. The third-order valence-corrected chi connectivity index (χ3v) is 11.1. The minimum Gasteiger partial charge on any atom is -0.505 e. The molecule has 3 aromatic carbocycles. The van der Waals surface area contributed by atoms with Crippen LogP contribution in [-0.2, 0) is 29.2 Å². The molecule has 1 saturated heterocycles. The summed E-state index contributed by atoms with van der Waals surface area (Å²) in [6.07, 6.45) is 2.09. The van der Waals surface area contributed by atoms with Crippen molar-refractivity contribution in [3.05, 3.63) is 74.7 Å². The molecule has 1 fully saturated rings. The Labute approximate surface area is 362 Å². The third-order valence-electron chi connectivity index (χ3n) is 11.1. The van der Waals surface area contributed by atoms with E-state index in [1.165, 1.54) is 6.07 Å². The minimum absolute atomic E-state index is 0.0478. The summed E-state index contributed by atoms with van der Waals surface area (Å²) in [7, 11) is 0. The molecule has 0 radical (unpaired) electrons. The number of nitroso groups, excluding NO2 is 1. The van der Waals surface area contributed by atoms with Crippen molar-refractivity contribution in [2.24, 2.45) is 11.8 Å². The topological polar surface area (TPSA) is 270 Å². The second-order valence-electron chi connectivity index (χ2n) is 16.3. The maximum atomic E-state index is 13.1. The van der Waals surface area contributed by atoms with Gasteiger partial charge in [-0.3, -0.25) is 24.3 Å². The molecular weight excluding hydrogens is 805 g/mol. The number of hydrogen-bond donors (Lipinski definition) is 11. The number of aliphatic hydroxyl groups excluding tert-OH is 6. The molecule has 0 aliphatic carbocycles. The van der Waals surface area contributed by atoms with E-state index in [9.17, 15) is 60.5 Å². The van der Waals surface area contributed by atoms with Crippen LogP contribution in [0, 0.1) is 37.5 Å². The lowest BCUT2D eigenvalue weighted by atomic mass is 10.1. The van der Waals surface area contributed by atoms with Crippen LogP contribution in [0.15, 0.2) is 36.4 Å². The van der Waals surface area contributed by atoms with Crippen molar-refractivity contribution in [3.8, 4) is 17.2 Å². The van der Waals surface area contributed by atoms with Crippen molar-refractivity contribution in [1.82, 2.24) is 14.7 Å². The zero-order chi connectivity index (χ0) is 45.5. The standard InChI is InChI=1S/C44H64N6O12/c1-28-13-31(40(57)37(16-28)45-43(60)34(22-51)23-52)19-47-7-4-8-48(20-32-14-29(2)17-38(41(32)58)46-44(61)35(24-53)25-54)10-6-12-49(11-5-9-47)21-33-15-30(3)18-39(42(33)59)50(62)36(26-55)27-56/h13-18,34-36,51-56H,4-12,19-27H2,1-3H3,(H4-,45,46,57,58,59,60,61,62)/p+1. The number of rotatable bonds is 18. The molecule has 0 aromatic heterocycles. The molecular formula is C44H65N6O12+. The van der Waals surface area contributed by atoms with Crippen molar-refractivity contribution < 1.29 is 60.3 Å². The van der Waals surface area contributed by atoms with E-state index in [4.69, 9.17) is 0 Å². The number of carbonyl (C=O) groups excluding carboxylic acids is 2. The van der Waals surface area contributed by atoms with Gasteiger partial charge in [0.2, 0.25) is 11.8 Å². The maximum Gasteiger partial charge on any atom is 0.298 e. The highest BCUT2D eigenvalue weighted by Gasteiger charge is 2.31. The van der Waals surface area contributed by atoms with E-state index < -0.39 is 69.3 Å². The summed E-state index contributed by atoms with van der Waals surface area (Å²) in [6, 6.07) is 9.09. The summed E-state index contributed by atoms with van der Waals surface area (Å²) in [5, 5.41) is 96.8. The average Bonchev–Trinajstić information content (AvgIpc) is 3.22. The lowest BCUT2D eigenvalue weighted by molar-refractivity contribution is -0.514. The van der Waals surface area contributed by atoms with Crippen LogP contribution >= 0.6 is 0 Å². The van der Waals surface area contributed by atoms with Gasteiger partial charge >= 0.3 is 0 Å². The lowest BCUT2D eigenvalue weighted by Gasteiger charge is -2.31. The minimum atomic E-state index is -1.15. The van der Waals surface area contributed by atoms with Gasteiger partial charge in [0, 0.05) is 52.1 Å². The van der Waals surface area contributed by atoms with Crippen LogP contribution < -0.4 is 10.6 Å². The van der Waals surface area contributed by atoms with Crippen LogP contribution in [0.1, 0.15) is 52.6 Å². The maximum absolute atomic E-state index is 13.1. The average molecular weight is 870 g/mol. The summed E-state index contributed by atoms with van der Waals surface area (Å²) >= 11 is 0. The van der Waals surface area contributed by atoms with Crippen molar-refractivity contribution in [3.63, 3.8) is 0 Å². The van der Waals surface area contributed by atoms with Crippen molar-refractivity contribution >= 4 is 28.9 Å². The Morgan fingerprint density at radius 1 is 0.532 bits per heavy atom. The van der Waals surface area contributed by atoms with Gasteiger partial charge in [0.15, 0.2) is 5.75 Å². The van der Waals surface area contributed by atoms with Gasteiger partial charge in [0.1, 0.15) is 24.7 Å². The summed E-state index contributed by atoms with van der Waals surface area (Å²) in [5.74, 6) is -3.85. The van der Waals surface area contributed by atoms with Gasteiger partial charge in [-0.25, -0.2) is 0 Å². The summed E-state index contributed by atoms with van der Waals surface area (Å²) in [4.78, 5) is 45.1. The van der Waals surface area contributed by atoms with Crippen LogP contribution in [0.2, 0.25) is 0 Å². The number of carbonyl (C=O) groups is 2. The molecule has 18 heteroatoms. The first-order chi connectivity index (χ1) is 29.7. The molecule has 2 amide bonds. The fourth-order valence-electron chi connectivity index (χ4n) is 7.67. The summed E-state index contributed by atoms with van der Waals surface area (Å²) in [5.41, 5.74) is 4.19. The number of aryl methyl sites for hydroxylation is 3. The van der Waals surface area contributed by atoms with Crippen LogP contribution in [-0.4, -0.2) is 162 Å². The van der Waals surface area contributed by atoms with E-state index in [1.807, 2.05) is 26.0 Å². The van der Waals surface area contributed by atoms with E-state index in [2.05, 4.69) is 25.3 Å². The van der Waals surface area contributed by atoms with E-state index in [-0.39, 0.29) is 40.9 Å². The molecule has 0 saturated carbocycles. The quantitative estimate of drug-likeness (QED) is 0.0640. The van der Waals surface area contributed by atoms with Crippen molar-refractivity contribution in [1.29, 1.82) is 0 Å². The second kappa shape index (κ2) is 24.2. The van der Waals surface area contributed by atoms with E-state index in [1.54, 1.807) is 25.1 Å². The predicted molar refractivity (Wildman–Crippen MR) is 232 cm³/mol. The number of aromatic hydroxyl groups is 3. The molecule has 18 nitrogen and oxygen atoms in total. The van der Waals surface area contributed by atoms with E-state index in [0.29, 0.717) is 98.6 Å². The lowest BCUT2D eigenvalue weighted by Crippen LogP contribution is -2.36. The number of phenols is 3. The fourth-order valence-corrected chi connectivity index (χ4v) is 7.67. The Morgan fingerprint density at radius 2 is 0.855 bits per heavy atom. The van der Waals surface area contributed by atoms with Gasteiger partial charge in [-0.1, -0.05) is 18.2 Å². The van der Waals surface area contributed by atoms with Gasteiger partial charge in [-0.05, 0) is 108 Å². The van der Waals surface area contributed by atoms with Crippen molar-refractivity contribution in [2.45, 2.75) is 65.7 Å². The number of phenolic OH excluding ortho intramolecular Hbond substituents is 3. The SMILES string of the molecule is Cc1cc(CN2CCCN(Cc3cc(C)cc(NC(=O)C(CO)CO)c3O)CCCN(Cc3cc(C)cc([N+](=O)C(CO)CO)c3O)CCC2)c(O)c(NC(=O)C(CO)CO)c1. The fraction of sp³-hybridized carbons (Fsp3) is 0.545. The highest BCUT2D eigenvalue weighted by Crippen LogP contribution is 2.35. The van der Waals surface area contributed by atoms with Crippen molar-refractivity contribution in [2.75, 3.05) is 89.5 Å². The molecule has 62 heavy (non-hydrogen) atoms. The van der Waals surface area contributed by atoms with Gasteiger partial charge in [0.25, 0.3) is 11.7 Å². The zero-order valence-corrected chi connectivity index (χ0v) is 36.0. The largest absolute Gasteiger partial charge is 0.505 e. The van der Waals surface area contributed by atoms with Gasteiger partial charge in [0.05, 0.1) is 49.6 Å². The van der Waals surface area contributed by atoms with Gasteiger partial charge in [-0.2, -0.15) is 0 Å². The number of amides is 2. The number of hydrogen-bond acceptors (Lipinski definition) is 15. The molecule has 1 heterocycles. The van der Waals surface area contributed by atoms with Gasteiger partial charge in [-0.15, -0.1) is 0 Å². The van der Waals surface area contributed by atoms with Crippen LogP contribution in [0.25, 0.3) is 0 Å². The van der Waals surface area contributed by atoms with Gasteiger partial charge < -0.3 is 56.6 Å². The molecule has 0 unspecified atom stereocenters. The first-order valence-electron chi connectivity index (χ1n) is 21.0. The summed E-state index contributed by atoms with van der Waals surface area (Å²) < 4.78 is 0.433. The normalized spacial score (nSPS) is 15.2. The molecule has 342 valence electrons. The van der Waals surface area contributed by atoms with Crippen LogP contribution in [0.4, 0.5) is 17.1 Å². The highest BCUT2D eigenvalue weighted by atomic mass is 16.3. The predicted octanol–water partition coefficient (Wildman–Crippen LogP) is 1.56. The molecule has 1 aliphatic heterocycles. The van der Waals surface area contributed by atoms with E-state index >= 15 is 0 Å². The number of aliphatic hydroxyl groups is 6. The number of nitrogens with one attached hydrogen (secondary N) is 2. The second-order valence-corrected chi connectivity index (χ2v) is 16.3. The monoisotopic (exact) mass is 869 g/mol. The first kappa shape index (κ1) is 49.9. The molecule has 0 bridgehead atoms. The Kier molecular flexibility index (Phi) is 19.5. The molecule has 4 rings (SSSR count). The number of anilines is 2. The number of nitrogens with zero attached hydrogens (tertiary/aromatic N) is 4. The Morgan fingerprint density at radius 3 is 1.18 bits per heavy atom. The Hall–Kier alpha value is -4.76. The Balaban J connectivity index is 1.64. The third kappa shape index (κ3) is 13.6. The first-order valence-corrected chi connectivity index (χ1v) is 21.0. The highest BCUT2D eigenvalue weighted by molar-refractivity contribution is 5.95. The molecule has 0 spiro atoms. The zero-order valence-electron chi connectivity index (χ0n) is 36.0. The molecule has 11 N–H and O–H groups in total. The number of benzene rings is 3.